The Balaban J connectivity index is 3.18. The van der Waals surface area contributed by atoms with Gasteiger partial charge < -0.3 is 4.74 Å². The Morgan fingerprint density at radius 3 is 1.38 bits per heavy atom. The first kappa shape index (κ1) is 31.2. The Kier molecular flexibility index (Phi) is 27.5. The van der Waals surface area contributed by atoms with Crippen LogP contribution < -0.4 is 0 Å². The van der Waals surface area contributed by atoms with Gasteiger partial charge in [-0.3, -0.25) is 4.79 Å². The van der Waals surface area contributed by atoms with E-state index in [9.17, 15) is 4.79 Å². The largest absolute Gasteiger partial charge is 0.466 e. The third kappa shape index (κ3) is 27.2. The molecule has 0 N–H and O–H groups in total. The van der Waals surface area contributed by atoms with Crippen molar-refractivity contribution in [1.29, 1.82) is 0 Å². The summed E-state index contributed by atoms with van der Waals surface area (Å²) in [5, 5.41) is 0. The van der Waals surface area contributed by atoms with Gasteiger partial charge in [0.05, 0.1) is 6.61 Å². The van der Waals surface area contributed by atoms with Gasteiger partial charge in [0, 0.05) is 6.42 Å². The molecule has 0 bridgehead atoms. The lowest BCUT2D eigenvalue weighted by Gasteiger charge is -2.05. The number of carbonyl (C=O) groups excluding carboxylic acids is 1. The molecule has 0 atom stereocenters. The normalized spacial score (nSPS) is 11.4. The van der Waals surface area contributed by atoms with Gasteiger partial charge >= 0.3 is 5.97 Å². The van der Waals surface area contributed by atoms with Crippen molar-refractivity contribution in [3.05, 3.63) is 12.2 Å². The first-order chi connectivity index (χ1) is 15.8. The van der Waals surface area contributed by atoms with Gasteiger partial charge in [0.2, 0.25) is 0 Å². The van der Waals surface area contributed by atoms with Gasteiger partial charge in [-0.15, -0.1) is 0 Å². The lowest BCUT2D eigenvalue weighted by Crippen LogP contribution is -2.05. The highest BCUT2D eigenvalue weighted by Crippen LogP contribution is 2.13. The minimum atomic E-state index is 0.0161. The molecular formula is C30H58O2. The lowest BCUT2D eigenvalue weighted by atomic mass is 10.1. The second-order valence-corrected chi connectivity index (χ2v) is 9.74. The number of ether oxygens (including phenoxy) is 1. The minimum Gasteiger partial charge on any atom is -0.466 e. The molecule has 0 fully saturated rings. The maximum atomic E-state index is 11.8. The average molecular weight is 451 g/mol. The van der Waals surface area contributed by atoms with Crippen LogP contribution in [0.1, 0.15) is 168 Å². The number of esters is 1. The number of allylic oxidation sites excluding steroid dienone is 2. The summed E-state index contributed by atoms with van der Waals surface area (Å²) in [6.45, 7) is 5.16. The fourth-order valence-corrected chi connectivity index (χ4v) is 4.19. The topological polar surface area (TPSA) is 26.3 Å². The highest BCUT2D eigenvalue weighted by Gasteiger charge is 2.02. The van der Waals surface area contributed by atoms with Gasteiger partial charge in [-0.05, 0) is 38.5 Å². The predicted octanol–water partition coefficient (Wildman–Crippen LogP) is 10.5. The first-order valence-corrected chi connectivity index (χ1v) is 14.6. The van der Waals surface area contributed by atoms with Crippen molar-refractivity contribution in [2.75, 3.05) is 6.61 Å². The van der Waals surface area contributed by atoms with Crippen LogP contribution in [0, 0.1) is 0 Å². The molecule has 0 saturated heterocycles. The molecule has 0 spiro atoms. The predicted molar refractivity (Wildman–Crippen MR) is 142 cm³/mol. The lowest BCUT2D eigenvalue weighted by molar-refractivity contribution is -0.143. The summed E-state index contributed by atoms with van der Waals surface area (Å²) in [6.07, 6.45) is 35.3. The molecule has 0 aliphatic carbocycles. The third-order valence-corrected chi connectivity index (χ3v) is 6.40. The van der Waals surface area contributed by atoms with Crippen LogP contribution in [0.25, 0.3) is 0 Å². The van der Waals surface area contributed by atoms with E-state index in [4.69, 9.17) is 4.74 Å². The third-order valence-electron chi connectivity index (χ3n) is 6.40. The zero-order valence-electron chi connectivity index (χ0n) is 22.1. The van der Waals surface area contributed by atoms with E-state index < -0.39 is 0 Å². The monoisotopic (exact) mass is 450 g/mol. The molecule has 0 saturated carbocycles. The summed E-state index contributed by atoms with van der Waals surface area (Å²) < 4.78 is 5.39. The van der Waals surface area contributed by atoms with E-state index in [2.05, 4.69) is 26.0 Å². The van der Waals surface area contributed by atoms with Gasteiger partial charge in [-0.2, -0.15) is 0 Å². The minimum absolute atomic E-state index is 0.0161. The van der Waals surface area contributed by atoms with Crippen molar-refractivity contribution < 1.29 is 9.53 Å². The zero-order chi connectivity index (χ0) is 23.4. The second-order valence-electron chi connectivity index (χ2n) is 9.74. The molecule has 190 valence electrons. The maximum Gasteiger partial charge on any atom is 0.305 e. The quantitative estimate of drug-likeness (QED) is 0.0744. The highest BCUT2D eigenvalue weighted by atomic mass is 16.5. The van der Waals surface area contributed by atoms with Gasteiger partial charge in [0.25, 0.3) is 0 Å². The summed E-state index contributed by atoms with van der Waals surface area (Å²) in [5.41, 5.74) is 0. The summed E-state index contributed by atoms with van der Waals surface area (Å²) in [5.74, 6) is 0.0161. The second kappa shape index (κ2) is 28.2. The van der Waals surface area contributed by atoms with Crippen molar-refractivity contribution in [3.63, 3.8) is 0 Å². The standard InChI is InChI=1S/C30H58O2/c1-3-5-7-9-11-13-15-16-17-19-21-23-25-27-29-32-30(31)28-26-24-22-20-18-14-12-10-8-6-4-2/h13,15H,3-12,14,16-29H2,1-2H3/b15-13-. The SMILES string of the molecule is CCCCCC/C=C\CCCCCCCCOC(=O)CCCCCCCCCCCCC. The molecule has 0 aromatic carbocycles. The van der Waals surface area contributed by atoms with Gasteiger partial charge in [-0.1, -0.05) is 135 Å². The van der Waals surface area contributed by atoms with E-state index in [1.165, 1.54) is 135 Å². The molecule has 0 aliphatic heterocycles. The Bertz CT molecular complexity index is 388. The van der Waals surface area contributed by atoms with E-state index >= 15 is 0 Å². The Morgan fingerprint density at radius 2 is 0.875 bits per heavy atom. The Hall–Kier alpha value is -0.790. The van der Waals surface area contributed by atoms with E-state index in [1.54, 1.807) is 0 Å². The van der Waals surface area contributed by atoms with Crippen LogP contribution >= 0.6 is 0 Å². The number of unbranched alkanes of at least 4 members (excludes halogenated alkanes) is 20. The number of hydrogen-bond donors (Lipinski definition) is 0. The number of rotatable bonds is 26. The van der Waals surface area contributed by atoms with Crippen LogP contribution in [-0.4, -0.2) is 12.6 Å². The zero-order valence-corrected chi connectivity index (χ0v) is 22.1. The molecule has 2 heteroatoms. The van der Waals surface area contributed by atoms with Crippen molar-refractivity contribution >= 4 is 5.97 Å². The fraction of sp³-hybridized carbons (Fsp3) is 0.900. The van der Waals surface area contributed by atoms with Crippen LogP contribution in [0.3, 0.4) is 0 Å². The van der Waals surface area contributed by atoms with E-state index in [-0.39, 0.29) is 5.97 Å². The van der Waals surface area contributed by atoms with Crippen LogP contribution in [0.15, 0.2) is 12.2 Å². The number of carbonyl (C=O) groups is 1. The van der Waals surface area contributed by atoms with Crippen LogP contribution in [-0.2, 0) is 9.53 Å². The molecule has 0 aromatic heterocycles. The molecule has 0 aliphatic rings. The Morgan fingerprint density at radius 1 is 0.500 bits per heavy atom. The Labute approximate surface area is 202 Å². The average Bonchev–Trinajstić information content (AvgIpc) is 2.80. The molecular weight excluding hydrogens is 392 g/mol. The van der Waals surface area contributed by atoms with Gasteiger partial charge in [0.1, 0.15) is 0 Å². The molecule has 0 heterocycles. The van der Waals surface area contributed by atoms with Crippen LogP contribution in [0.5, 0.6) is 0 Å². The van der Waals surface area contributed by atoms with E-state index in [0.29, 0.717) is 13.0 Å². The summed E-state index contributed by atoms with van der Waals surface area (Å²) in [6, 6.07) is 0. The molecule has 0 aromatic rings. The number of hydrogen-bond acceptors (Lipinski definition) is 2. The van der Waals surface area contributed by atoms with E-state index in [1.807, 2.05) is 0 Å². The molecule has 0 amide bonds. The van der Waals surface area contributed by atoms with Crippen molar-refractivity contribution in [2.45, 2.75) is 168 Å². The van der Waals surface area contributed by atoms with Crippen molar-refractivity contribution in [3.8, 4) is 0 Å². The van der Waals surface area contributed by atoms with Gasteiger partial charge in [0.15, 0.2) is 0 Å². The molecule has 32 heavy (non-hydrogen) atoms. The smallest absolute Gasteiger partial charge is 0.305 e. The first-order valence-electron chi connectivity index (χ1n) is 14.6. The van der Waals surface area contributed by atoms with Crippen molar-refractivity contribution in [2.24, 2.45) is 0 Å². The maximum absolute atomic E-state index is 11.8. The summed E-state index contributed by atoms with van der Waals surface area (Å²) in [7, 11) is 0. The van der Waals surface area contributed by atoms with Crippen LogP contribution in [0.2, 0.25) is 0 Å². The van der Waals surface area contributed by atoms with E-state index in [0.717, 1.165) is 12.8 Å². The molecule has 0 rings (SSSR count). The molecule has 2 nitrogen and oxygen atoms in total. The summed E-state index contributed by atoms with van der Waals surface area (Å²) >= 11 is 0. The highest BCUT2D eigenvalue weighted by molar-refractivity contribution is 5.69. The summed E-state index contributed by atoms with van der Waals surface area (Å²) in [4.78, 5) is 11.8. The van der Waals surface area contributed by atoms with Crippen LogP contribution in [0.4, 0.5) is 0 Å². The van der Waals surface area contributed by atoms with Gasteiger partial charge in [-0.25, -0.2) is 0 Å². The molecule has 0 radical (unpaired) electrons. The van der Waals surface area contributed by atoms with Crippen molar-refractivity contribution in [1.82, 2.24) is 0 Å². The fourth-order valence-electron chi connectivity index (χ4n) is 4.19. The molecule has 0 unspecified atom stereocenters.